The van der Waals surface area contributed by atoms with E-state index in [4.69, 9.17) is 4.74 Å². The zero-order valence-electron chi connectivity index (χ0n) is 23.8. The molecular weight excluding hydrogens is 703 g/mol. The second kappa shape index (κ2) is 10.9. The minimum Gasteiger partial charge on any atom is -0.517 e. The molecule has 6 aromatic rings. The van der Waals surface area contributed by atoms with Gasteiger partial charge in [-0.15, -0.1) is 41.5 Å². The number of aromatic nitrogens is 4. The zero-order chi connectivity index (χ0) is 28.1. The quantitative estimate of drug-likeness (QED) is 0.176. The van der Waals surface area contributed by atoms with Gasteiger partial charge in [-0.1, -0.05) is 50.6 Å². The predicted octanol–water partition coefficient (Wildman–Crippen LogP) is 7.15. The molecular formula is C34H29N6OPt-3. The average molecular weight is 733 g/mol. The number of benzene rings is 3. The Balaban J connectivity index is 0.00000316. The molecule has 4 heterocycles. The maximum absolute atomic E-state index is 6.38. The van der Waals surface area contributed by atoms with Crippen molar-refractivity contribution in [3.8, 4) is 11.6 Å². The van der Waals surface area contributed by atoms with Gasteiger partial charge in [0.1, 0.15) is 17.5 Å². The Morgan fingerprint density at radius 3 is 2.40 bits per heavy atom. The molecule has 42 heavy (non-hydrogen) atoms. The second-order valence-corrected chi connectivity index (χ2v) is 11.2. The Bertz CT molecular complexity index is 1900. The Morgan fingerprint density at radius 1 is 0.833 bits per heavy atom. The van der Waals surface area contributed by atoms with Gasteiger partial charge in [-0.25, -0.2) is 15.0 Å². The van der Waals surface area contributed by atoms with Crippen molar-refractivity contribution >= 4 is 39.1 Å². The monoisotopic (exact) mass is 732 g/mol. The third-order valence-corrected chi connectivity index (χ3v) is 7.37. The van der Waals surface area contributed by atoms with Gasteiger partial charge in [-0.2, -0.15) is 23.8 Å². The van der Waals surface area contributed by atoms with E-state index in [0.29, 0.717) is 12.4 Å². The molecule has 3 aromatic heterocycles. The van der Waals surface area contributed by atoms with Crippen molar-refractivity contribution in [2.75, 3.05) is 16.8 Å². The standard InChI is InChI=1S/C34H29N6O.Pt/c1-34(2,3)24-17-23(18-25(19-24)39-22-38(4)32-33(39)37-16-15-36-32)21-41-26-12-13-28-27-9-5-6-10-29(27)40(30(28)20-26)31-11-7-8-14-35-31;/h5-17,19,22H,21H2,1-4H3;/q-3;. The molecule has 7 rings (SSSR count). The number of fused-ring (bicyclic) bond motifs is 4. The predicted molar refractivity (Wildman–Crippen MR) is 163 cm³/mol. The van der Waals surface area contributed by atoms with E-state index in [1.165, 1.54) is 5.56 Å². The van der Waals surface area contributed by atoms with E-state index >= 15 is 0 Å². The van der Waals surface area contributed by atoms with Crippen molar-refractivity contribution in [2.45, 2.75) is 32.8 Å². The van der Waals surface area contributed by atoms with E-state index < -0.39 is 0 Å². The van der Waals surface area contributed by atoms with Crippen molar-refractivity contribution in [2.24, 2.45) is 0 Å². The van der Waals surface area contributed by atoms with Crippen LogP contribution in [0.3, 0.4) is 0 Å². The Morgan fingerprint density at radius 2 is 1.62 bits per heavy atom. The maximum Gasteiger partial charge on any atom is 0.143 e. The molecule has 1 aliphatic rings. The summed E-state index contributed by atoms with van der Waals surface area (Å²) in [6.45, 7) is 8.97. The molecule has 0 saturated carbocycles. The van der Waals surface area contributed by atoms with Gasteiger partial charge < -0.3 is 19.1 Å². The first-order valence-electron chi connectivity index (χ1n) is 13.6. The van der Waals surface area contributed by atoms with Crippen LogP contribution in [0.15, 0.2) is 85.3 Å². The molecule has 214 valence electrons. The molecule has 0 fully saturated rings. The Hall–Kier alpha value is -4.22. The minimum atomic E-state index is -0.0654. The van der Waals surface area contributed by atoms with Gasteiger partial charge in [0.2, 0.25) is 0 Å². The summed E-state index contributed by atoms with van der Waals surface area (Å²) in [5, 5.41) is 2.26. The van der Waals surface area contributed by atoms with E-state index in [2.05, 4.69) is 88.8 Å². The van der Waals surface area contributed by atoms with Crippen LogP contribution in [0.25, 0.3) is 27.6 Å². The first-order valence-corrected chi connectivity index (χ1v) is 13.6. The second-order valence-electron chi connectivity index (χ2n) is 11.2. The minimum absolute atomic E-state index is 0. The summed E-state index contributed by atoms with van der Waals surface area (Å²) in [4.78, 5) is 17.7. The fraction of sp³-hybridized carbons (Fsp3) is 0.176. The SMILES string of the molecule is CN1[CH-]N(c2[c-]c(COc3[c-]c4c(cc3)c3ccccc3n4-c3ccccn3)cc(C(C)(C)C)c2)c2nccnc21.[Pt]. The molecule has 0 amide bonds. The summed E-state index contributed by atoms with van der Waals surface area (Å²) < 4.78 is 8.51. The molecule has 0 bridgehead atoms. The molecule has 0 unspecified atom stereocenters. The topological polar surface area (TPSA) is 59.3 Å². The fourth-order valence-electron chi connectivity index (χ4n) is 5.29. The van der Waals surface area contributed by atoms with Gasteiger partial charge in [0.05, 0.1) is 6.61 Å². The summed E-state index contributed by atoms with van der Waals surface area (Å²) in [6.07, 6.45) is 5.24. The molecule has 0 spiro atoms. The number of nitrogens with zero attached hydrogens (tertiary/aromatic N) is 6. The van der Waals surface area contributed by atoms with Crippen molar-refractivity contribution in [1.82, 2.24) is 19.5 Å². The van der Waals surface area contributed by atoms with Crippen molar-refractivity contribution < 1.29 is 25.8 Å². The van der Waals surface area contributed by atoms with E-state index in [0.717, 1.165) is 50.5 Å². The van der Waals surface area contributed by atoms with E-state index in [-0.39, 0.29) is 26.5 Å². The number of anilines is 3. The molecule has 0 radical (unpaired) electrons. The first kappa shape index (κ1) is 27.9. The molecule has 1 aliphatic heterocycles. The van der Waals surface area contributed by atoms with Gasteiger partial charge in [0.15, 0.2) is 0 Å². The summed E-state index contributed by atoms with van der Waals surface area (Å²) in [7, 11) is 1.97. The number of hydrogen-bond donors (Lipinski definition) is 0. The fourth-order valence-corrected chi connectivity index (χ4v) is 5.29. The van der Waals surface area contributed by atoms with E-state index in [1.807, 2.05) is 60.0 Å². The maximum atomic E-state index is 6.38. The Kier molecular flexibility index (Phi) is 7.23. The smallest absolute Gasteiger partial charge is 0.143 e. The van der Waals surface area contributed by atoms with E-state index in [1.54, 1.807) is 12.4 Å². The molecule has 0 saturated heterocycles. The summed E-state index contributed by atoms with van der Waals surface area (Å²) in [5.41, 5.74) is 4.98. The van der Waals surface area contributed by atoms with Gasteiger partial charge in [-0.05, 0) is 36.0 Å². The van der Waals surface area contributed by atoms with Crippen LogP contribution in [0, 0.1) is 18.8 Å². The van der Waals surface area contributed by atoms with Crippen LogP contribution in [0.1, 0.15) is 31.9 Å². The largest absolute Gasteiger partial charge is 0.517 e. The van der Waals surface area contributed by atoms with Crippen LogP contribution in [0.2, 0.25) is 0 Å². The van der Waals surface area contributed by atoms with Gasteiger partial charge in [0, 0.05) is 50.9 Å². The normalized spacial score (nSPS) is 13.0. The summed E-state index contributed by atoms with van der Waals surface area (Å²) in [6, 6.07) is 29.8. The molecule has 0 aliphatic carbocycles. The molecule has 0 atom stereocenters. The van der Waals surface area contributed by atoms with Crippen molar-refractivity contribution in [3.05, 3.63) is 115 Å². The van der Waals surface area contributed by atoms with Crippen LogP contribution in [0.5, 0.6) is 5.75 Å². The third kappa shape index (κ3) is 4.92. The van der Waals surface area contributed by atoms with Crippen LogP contribution in [-0.4, -0.2) is 26.6 Å². The summed E-state index contributed by atoms with van der Waals surface area (Å²) in [5.74, 6) is 3.10. The number of para-hydroxylation sites is 1. The Labute approximate surface area is 260 Å². The van der Waals surface area contributed by atoms with Crippen LogP contribution >= 0.6 is 0 Å². The first-order chi connectivity index (χ1) is 19.9. The number of hydrogen-bond acceptors (Lipinski definition) is 6. The van der Waals surface area contributed by atoms with Crippen LogP contribution in [-0.2, 0) is 33.1 Å². The van der Waals surface area contributed by atoms with Crippen molar-refractivity contribution in [3.63, 3.8) is 0 Å². The van der Waals surface area contributed by atoms with Crippen LogP contribution < -0.4 is 14.5 Å². The number of ether oxygens (including phenoxy) is 1. The third-order valence-electron chi connectivity index (χ3n) is 7.37. The molecule has 8 heteroatoms. The van der Waals surface area contributed by atoms with Crippen LogP contribution in [0.4, 0.5) is 17.3 Å². The zero-order valence-corrected chi connectivity index (χ0v) is 26.0. The van der Waals surface area contributed by atoms with Gasteiger partial charge >= 0.3 is 0 Å². The molecule has 7 nitrogen and oxygen atoms in total. The number of rotatable bonds is 5. The average Bonchev–Trinajstić information content (AvgIpc) is 3.50. The van der Waals surface area contributed by atoms with Gasteiger partial charge in [-0.3, -0.25) is 0 Å². The van der Waals surface area contributed by atoms with E-state index in [9.17, 15) is 0 Å². The molecule has 0 N–H and O–H groups in total. The summed E-state index contributed by atoms with van der Waals surface area (Å²) >= 11 is 0. The molecule has 3 aromatic carbocycles. The van der Waals surface area contributed by atoms with Crippen molar-refractivity contribution in [1.29, 1.82) is 0 Å². The van der Waals surface area contributed by atoms with Gasteiger partial charge in [0.25, 0.3) is 0 Å². The number of pyridine rings is 1.